The van der Waals surface area contributed by atoms with Crippen molar-refractivity contribution < 1.29 is 19.1 Å². The Kier molecular flexibility index (Phi) is 3.60. The molecule has 1 aromatic heterocycles. The van der Waals surface area contributed by atoms with Crippen molar-refractivity contribution in [3.05, 3.63) is 30.1 Å². The van der Waals surface area contributed by atoms with E-state index in [1.807, 2.05) is 28.8 Å². The number of para-hydroxylation sites is 2. The second-order valence-electron chi connectivity index (χ2n) is 5.17. The Bertz CT molecular complexity index is 717. The Labute approximate surface area is 128 Å². The van der Waals surface area contributed by atoms with E-state index in [0.29, 0.717) is 18.8 Å². The Morgan fingerprint density at radius 1 is 1.18 bits per heavy atom. The van der Waals surface area contributed by atoms with Crippen LogP contribution in [0.2, 0.25) is 0 Å². The maximum absolute atomic E-state index is 12.5. The number of fused-ring (bicyclic) bond motifs is 3. The van der Waals surface area contributed by atoms with Crippen LogP contribution in [0.5, 0.6) is 0 Å². The number of benzene rings is 1. The highest BCUT2D eigenvalue weighted by Gasteiger charge is 2.57. The van der Waals surface area contributed by atoms with Crippen molar-refractivity contribution in [2.24, 2.45) is 0 Å². The van der Waals surface area contributed by atoms with Crippen molar-refractivity contribution in [1.29, 1.82) is 0 Å². The maximum Gasteiger partial charge on any atom is 0.331 e. The Hall–Kier alpha value is -2.37. The first-order valence-corrected chi connectivity index (χ1v) is 7.45. The van der Waals surface area contributed by atoms with Crippen LogP contribution in [0.1, 0.15) is 26.1 Å². The number of rotatable bonds is 4. The first-order valence-electron chi connectivity index (χ1n) is 7.45. The summed E-state index contributed by atoms with van der Waals surface area (Å²) in [5.41, 5.74) is 0.216. The van der Waals surface area contributed by atoms with Gasteiger partial charge in [0.25, 0.3) is 0 Å². The smallest absolute Gasteiger partial charge is 0.331 e. The van der Waals surface area contributed by atoms with Crippen molar-refractivity contribution in [2.45, 2.75) is 32.2 Å². The van der Waals surface area contributed by atoms with E-state index in [-0.39, 0.29) is 13.2 Å². The molecule has 3 rings (SSSR count). The van der Waals surface area contributed by atoms with Crippen LogP contribution in [-0.4, -0.2) is 34.7 Å². The third-order valence-electron chi connectivity index (χ3n) is 3.99. The van der Waals surface area contributed by atoms with E-state index in [4.69, 9.17) is 9.47 Å². The molecule has 1 aliphatic heterocycles. The van der Waals surface area contributed by atoms with Gasteiger partial charge in [-0.3, -0.25) is 9.59 Å². The van der Waals surface area contributed by atoms with Gasteiger partial charge >= 0.3 is 11.9 Å². The van der Waals surface area contributed by atoms with E-state index < -0.39 is 17.4 Å². The highest BCUT2D eigenvalue weighted by Crippen LogP contribution is 2.39. The average molecular weight is 302 g/mol. The molecule has 2 aromatic rings. The monoisotopic (exact) mass is 302 g/mol. The van der Waals surface area contributed by atoms with Crippen molar-refractivity contribution >= 4 is 23.0 Å². The lowest BCUT2D eigenvalue weighted by Crippen LogP contribution is -2.45. The number of hydrogen-bond acceptors (Lipinski definition) is 5. The molecule has 0 radical (unpaired) electrons. The lowest BCUT2D eigenvalue weighted by atomic mass is 9.86. The summed E-state index contributed by atoms with van der Waals surface area (Å²) in [6.07, 6.45) is 0.317. The summed E-state index contributed by atoms with van der Waals surface area (Å²) >= 11 is 0. The third kappa shape index (κ3) is 1.90. The number of aromatic nitrogens is 2. The van der Waals surface area contributed by atoms with Crippen molar-refractivity contribution in [3.8, 4) is 0 Å². The largest absolute Gasteiger partial charge is 0.465 e. The van der Waals surface area contributed by atoms with Crippen LogP contribution >= 0.6 is 0 Å². The molecule has 0 saturated carbocycles. The van der Waals surface area contributed by atoms with E-state index in [1.165, 1.54) is 0 Å². The van der Waals surface area contributed by atoms with E-state index >= 15 is 0 Å². The number of nitrogens with zero attached hydrogens (tertiary/aromatic N) is 2. The van der Waals surface area contributed by atoms with Gasteiger partial charge in [0.15, 0.2) is 0 Å². The zero-order valence-electron chi connectivity index (χ0n) is 12.7. The highest BCUT2D eigenvalue weighted by molar-refractivity contribution is 6.06. The first-order chi connectivity index (χ1) is 10.6. The van der Waals surface area contributed by atoms with Crippen molar-refractivity contribution in [3.63, 3.8) is 0 Å². The molecule has 0 N–H and O–H groups in total. The standard InChI is InChI=1S/C16H18N2O4/c1-3-21-14(19)16(15(20)22-4-2)9-10-18-12-8-6-5-7-11(12)17-13(16)18/h5-8H,3-4,9-10H2,1-2H3. The predicted octanol–water partition coefficient (Wildman–Crippen LogP) is 1.80. The maximum atomic E-state index is 12.5. The fraction of sp³-hybridized carbons (Fsp3) is 0.438. The third-order valence-corrected chi connectivity index (χ3v) is 3.99. The van der Waals surface area contributed by atoms with Crippen molar-refractivity contribution in [1.82, 2.24) is 9.55 Å². The molecule has 6 nitrogen and oxygen atoms in total. The second kappa shape index (κ2) is 5.44. The molecule has 6 heteroatoms. The number of aryl methyl sites for hydroxylation is 1. The van der Waals surface area contributed by atoms with Gasteiger partial charge in [0, 0.05) is 6.54 Å². The Morgan fingerprint density at radius 3 is 2.45 bits per heavy atom. The molecule has 1 aromatic carbocycles. The van der Waals surface area contributed by atoms with Crippen LogP contribution in [0.3, 0.4) is 0 Å². The molecule has 0 spiro atoms. The lowest BCUT2D eigenvalue weighted by molar-refractivity contribution is -0.165. The number of imidazole rings is 1. The minimum Gasteiger partial charge on any atom is -0.465 e. The lowest BCUT2D eigenvalue weighted by Gasteiger charge is -2.22. The number of hydrogen-bond donors (Lipinski definition) is 0. The zero-order valence-corrected chi connectivity index (χ0v) is 12.7. The quantitative estimate of drug-likeness (QED) is 0.636. The van der Waals surface area contributed by atoms with E-state index in [2.05, 4.69) is 4.98 Å². The Balaban J connectivity index is 2.18. The highest BCUT2D eigenvalue weighted by atomic mass is 16.6. The summed E-state index contributed by atoms with van der Waals surface area (Å²) in [5, 5.41) is 0. The number of ether oxygens (including phenoxy) is 2. The summed E-state index contributed by atoms with van der Waals surface area (Å²) in [6.45, 7) is 4.39. The van der Waals surface area contributed by atoms with Gasteiger partial charge in [-0.2, -0.15) is 0 Å². The van der Waals surface area contributed by atoms with Crippen LogP contribution in [0.15, 0.2) is 24.3 Å². The van der Waals surface area contributed by atoms with E-state index in [9.17, 15) is 9.59 Å². The molecule has 22 heavy (non-hydrogen) atoms. The summed E-state index contributed by atoms with van der Waals surface area (Å²) in [6, 6.07) is 7.58. The van der Waals surface area contributed by atoms with Crippen LogP contribution in [0.4, 0.5) is 0 Å². The Morgan fingerprint density at radius 2 is 1.82 bits per heavy atom. The molecule has 0 bridgehead atoms. The molecular weight excluding hydrogens is 284 g/mol. The molecule has 0 atom stereocenters. The van der Waals surface area contributed by atoms with Gasteiger partial charge < -0.3 is 14.0 Å². The summed E-state index contributed by atoms with van der Waals surface area (Å²) in [5.74, 6) is -0.740. The number of carbonyl (C=O) groups is 2. The summed E-state index contributed by atoms with van der Waals surface area (Å²) in [4.78, 5) is 29.6. The van der Waals surface area contributed by atoms with Gasteiger partial charge in [0.1, 0.15) is 5.82 Å². The molecule has 0 saturated heterocycles. The number of carbonyl (C=O) groups excluding carboxylic acids is 2. The molecule has 0 amide bonds. The van der Waals surface area contributed by atoms with Gasteiger partial charge in [-0.25, -0.2) is 4.98 Å². The minimum absolute atomic E-state index is 0.209. The summed E-state index contributed by atoms with van der Waals surface area (Å²) in [7, 11) is 0. The number of esters is 2. The van der Waals surface area contributed by atoms with Gasteiger partial charge in [-0.05, 0) is 32.4 Å². The molecule has 0 unspecified atom stereocenters. The molecular formula is C16H18N2O4. The van der Waals surface area contributed by atoms with Crippen LogP contribution in [-0.2, 0) is 31.0 Å². The summed E-state index contributed by atoms with van der Waals surface area (Å²) < 4.78 is 12.2. The SMILES string of the molecule is CCOC(=O)C1(C(=O)OCC)CCn2c1nc1ccccc12. The fourth-order valence-corrected chi connectivity index (χ4v) is 3.00. The van der Waals surface area contributed by atoms with Gasteiger partial charge in [-0.1, -0.05) is 12.1 Å². The van der Waals surface area contributed by atoms with E-state index in [0.717, 1.165) is 11.0 Å². The molecule has 0 fully saturated rings. The molecule has 116 valence electrons. The molecule has 1 aliphatic rings. The average Bonchev–Trinajstić information content (AvgIpc) is 3.05. The molecule has 0 aliphatic carbocycles. The molecule has 2 heterocycles. The zero-order chi connectivity index (χ0) is 15.7. The minimum atomic E-state index is -1.45. The van der Waals surface area contributed by atoms with Gasteiger partial charge in [0.2, 0.25) is 5.41 Å². The van der Waals surface area contributed by atoms with Crippen LogP contribution in [0, 0.1) is 0 Å². The normalized spacial score (nSPS) is 15.5. The van der Waals surface area contributed by atoms with Crippen LogP contribution in [0.25, 0.3) is 11.0 Å². The van der Waals surface area contributed by atoms with Gasteiger partial charge in [-0.15, -0.1) is 0 Å². The second-order valence-corrected chi connectivity index (χ2v) is 5.17. The fourth-order valence-electron chi connectivity index (χ4n) is 3.00. The first kappa shape index (κ1) is 14.6. The topological polar surface area (TPSA) is 70.4 Å². The van der Waals surface area contributed by atoms with Crippen molar-refractivity contribution in [2.75, 3.05) is 13.2 Å². The van der Waals surface area contributed by atoms with Gasteiger partial charge in [0.05, 0.1) is 24.2 Å². The van der Waals surface area contributed by atoms with E-state index in [1.54, 1.807) is 13.8 Å². The van der Waals surface area contributed by atoms with Crippen LogP contribution < -0.4 is 0 Å². The predicted molar refractivity (Wildman–Crippen MR) is 79.3 cm³/mol.